The number of benzene rings is 1. The van der Waals surface area contributed by atoms with Crippen LogP contribution in [0.3, 0.4) is 0 Å². The molecule has 2 aliphatic rings. The molecule has 0 radical (unpaired) electrons. The number of aromatic nitrogens is 2. The highest BCUT2D eigenvalue weighted by molar-refractivity contribution is 5.94. The monoisotopic (exact) mass is 565 g/mol. The molecule has 3 atom stereocenters. The minimum atomic E-state index is -0.920. The average Bonchev–Trinajstić information content (AvgIpc) is 3.72. The van der Waals surface area contributed by atoms with Gasteiger partial charge in [0.15, 0.2) is 29.8 Å². The predicted octanol–water partition coefficient (Wildman–Crippen LogP) is 3.17. The Kier molecular flexibility index (Phi) is 8.72. The number of hydrogen-bond acceptors (Lipinski definition) is 8. The second-order valence-corrected chi connectivity index (χ2v) is 10.5. The number of anilines is 1. The number of amides is 1. The fourth-order valence-electron chi connectivity index (χ4n) is 5.91. The van der Waals surface area contributed by atoms with Crippen LogP contribution in [0.1, 0.15) is 43.6 Å². The minimum absolute atomic E-state index is 0.0705. The first-order valence-electron chi connectivity index (χ1n) is 14.0. The van der Waals surface area contributed by atoms with Crippen molar-refractivity contribution in [1.82, 2.24) is 9.88 Å². The zero-order valence-electron chi connectivity index (χ0n) is 23.7. The molecule has 0 saturated carbocycles. The summed E-state index contributed by atoms with van der Waals surface area (Å²) in [5, 5.41) is 10.5. The van der Waals surface area contributed by atoms with E-state index in [4.69, 9.17) is 18.6 Å². The van der Waals surface area contributed by atoms with Gasteiger partial charge in [0, 0.05) is 37.5 Å². The van der Waals surface area contributed by atoms with Gasteiger partial charge in [0.25, 0.3) is 0 Å². The smallest absolute Gasteiger partial charge is 0.308 e. The normalized spacial score (nSPS) is 19.8. The molecule has 0 aliphatic carbocycles. The van der Waals surface area contributed by atoms with Crippen molar-refractivity contribution in [3.05, 3.63) is 60.6 Å². The largest absolute Gasteiger partial charge is 0.493 e. The van der Waals surface area contributed by atoms with Gasteiger partial charge in [-0.15, -0.1) is 0 Å². The van der Waals surface area contributed by atoms with Crippen molar-refractivity contribution < 1.29 is 37.9 Å². The number of carbonyl (C=O) groups is 2. The third kappa shape index (κ3) is 6.14. The van der Waals surface area contributed by atoms with E-state index in [0.29, 0.717) is 49.1 Å². The number of aliphatic carboxylic acids is 1. The molecule has 3 aromatic rings. The van der Waals surface area contributed by atoms with Crippen LogP contribution in [0.25, 0.3) is 0 Å². The summed E-state index contributed by atoms with van der Waals surface area (Å²) in [4.78, 5) is 34.8. The standard InChI is InChI=1S/C30H36N4O7/c1-4-5-12-34(21-7-6-11-32(2)16-21)27(35)18-33-17-22(20-14-24(38-3)29-25(15-20)40-19-41-29)28(30(36)37)23(33)8-9-26-31-10-13-39-26/h6-7,10-11,13-16,22-23,28H,4-5,8-9,12,17-19H2,1-3H3/p+1/t22-,23+,28?/m1/s1. The molecule has 2 aliphatic heterocycles. The van der Waals surface area contributed by atoms with Gasteiger partial charge in [-0.2, -0.15) is 0 Å². The summed E-state index contributed by atoms with van der Waals surface area (Å²) in [5.41, 5.74) is 1.59. The molecule has 1 fully saturated rings. The summed E-state index contributed by atoms with van der Waals surface area (Å²) in [6.07, 6.45) is 9.66. The van der Waals surface area contributed by atoms with E-state index in [1.165, 1.54) is 6.26 Å². The number of likely N-dealkylation sites (tertiary alicyclic amines) is 1. The molecule has 11 heteroatoms. The maximum Gasteiger partial charge on any atom is 0.308 e. The van der Waals surface area contributed by atoms with Crippen molar-refractivity contribution in [2.75, 3.05) is 38.4 Å². The molecular weight excluding hydrogens is 528 g/mol. The minimum Gasteiger partial charge on any atom is -0.493 e. The molecule has 41 heavy (non-hydrogen) atoms. The van der Waals surface area contributed by atoms with Crippen LogP contribution in [-0.2, 0) is 23.1 Å². The van der Waals surface area contributed by atoms with Gasteiger partial charge in [-0.1, -0.05) is 13.3 Å². The Morgan fingerprint density at radius 3 is 2.85 bits per heavy atom. The van der Waals surface area contributed by atoms with Crippen molar-refractivity contribution in [1.29, 1.82) is 0 Å². The van der Waals surface area contributed by atoms with Crippen LogP contribution in [0.5, 0.6) is 17.2 Å². The number of aryl methyl sites for hydroxylation is 2. The molecule has 1 N–H and O–H groups in total. The van der Waals surface area contributed by atoms with Gasteiger partial charge in [-0.25, -0.2) is 9.55 Å². The average molecular weight is 566 g/mol. The van der Waals surface area contributed by atoms with Crippen LogP contribution in [0.15, 0.2) is 53.5 Å². The number of fused-ring (bicyclic) bond motifs is 1. The van der Waals surface area contributed by atoms with Crippen LogP contribution in [0.4, 0.5) is 5.69 Å². The Labute approximate surface area is 239 Å². The molecule has 5 rings (SSSR count). The third-order valence-corrected chi connectivity index (χ3v) is 7.89. The number of oxazole rings is 1. The molecule has 218 valence electrons. The lowest BCUT2D eigenvalue weighted by molar-refractivity contribution is -0.670. The molecule has 1 saturated heterocycles. The first kappa shape index (κ1) is 28.4. The maximum absolute atomic E-state index is 13.9. The van der Waals surface area contributed by atoms with Gasteiger partial charge >= 0.3 is 5.97 Å². The summed E-state index contributed by atoms with van der Waals surface area (Å²) in [6.45, 7) is 3.22. The van der Waals surface area contributed by atoms with E-state index in [1.54, 1.807) is 18.2 Å². The van der Waals surface area contributed by atoms with Crippen molar-refractivity contribution in [2.24, 2.45) is 13.0 Å². The number of rotatable bonds is 12. The van der Waals surface area contributed by atoms with Crippen molar-refractivity contribution in [2.45, 2.75) is 44.6 Å². The van der Waals surface area contributed by atoms with E-state index in [-0.39, 0.29) is 19.2 Å². The van der Waals surface area contributed by atoms with Crippen LogP contribution in [-0.4, -0.2) is 66.4 Å². The third-order valence-electron chi connectivity index (χ3n) is 7.89. The first-order valence-corrected chi connectivity index (χ1v) is 14.0. The number of carboxylic acid groups (broad SMARTS) is 1. The van der Waals surface area contributed by atoms with E-state index in [1.807, 2.05) is 53.2 Å². The van der Waals surface area contributed by atoms with Crippen LogP contribution < -0.4 is 23.7 Å². The van der Waals surface area contributed by atoms with Crippen LogP contribution in [0.2, 0.25) is 0 Å². The van der Waals surface area contributed by atoms with Gasteiger partial charge in [-0.05, 0) is 36.6 Å². The first-order chi connectivity index (χ1) is 19.9. The van der Waals surface area contributed by atoms with E-state index >= 15 is 0 Å². The van der Waals surface area contributed by atoms with E-state index in [2.05, 4.69) is 11.9 Å². The van der Waals surface area contributed by atoms with Crippen molar-refractivity contribution in [3.63, 3.8) is 0 Å². The van der Waals surface area contributed by atoms with E-state index < -0.39 is 23.8 Å². The lowest BCUT2D eigenvalue weighted by Gasteiger charge is -2.29. The highest BCUT2D eigenvalue weighted by Gasteiger charge is 2.47. The number of carbonyl (C=O) groups excluding carboxylic acids is 1. The van der Waals surface area contributed by atoms with Gasteiger partial charge in [-0.3, -0.25) is 14.5 Å². The molecule has 1 unspecified atom stereocenters. The Morgan fingerprint density at radius 2 is 2.15 bits per heavy atom. The predicted molar refractivity (Wildman–Crippen MR) is 148 cm³/mol. The molecule has 2 aromatic heterocycles. The Hall–Kier alpha value is -4.12. The number of nitrogens with zero attached hydrogens (tertiary/aromatic N) is 4. The quantitative estimate of drug-likeness (QED) is 0.330. The summed E-state index contributed by atoms with van der Waals surface area (Å²) in [5.74, 6) is -0.107. The highest BCUT2D eigenvalue weighted by atomic mass is 16.7. The topological polar surface area (TPSA) is 118 Å². The SMILES string of the molecule is CCCCN(C(=O)CN1C[C@H](c2cc(OC)c3c(c2)OCO3)C(C(=O)O)[C@@H]1CCc1ncco1)c1ccc[n+](C)c1. The molecular formula is C30H37N4O7+. The fraction of sp³-hybridized carbons (Fsp3) is 0.467. The van der Waals surface area contributed by atoms with E-state index in [9.17, 15) is 14.7 Å². The molecule has 0 bridgehead atoms. The molecule has 0 spiro atoms. The lowest BCUT2D eigenvalue weighted by Crippen LogP contribution is -2.45. The van der Waals surface area contributed by atoms with Crippen molar-refractivity contribution in [3.8, 4) is 17.2 Å². The summed E-state index contributed by atoms with van der Waals surface area (Å²) in [7, 11) is 3.47. The molecule has 1 amide bonds. The van der Waals surface area contributed by atoms with Gasteiger partial charge in [0.1, 0.15) is 19.0 Å². The zero-order chi connectivity index (χ0) is 28.9. The van der Waals surface area contributed by atoms with E-state index in [0.717, 1.165) is 24.1 Å². The number of carboxylic acids is 1. The number of ether oxygens (including phenoxy) is 3. The number of pyridine rings is 1. The summed E-state index contributed by atoms with van der Waals surface area (Å²) >= 11 is 0. The van der Waals surface area contributed by atoms with Crippen molar-refractivity contribution >= 4 is 17.6 Å². The number of unbranched alkanes of at least 4 members (excludes halogenated alkanes) is 1. The second-order valence-electron chi connectivity index (χ2n) is 10.5. The Morgan fingerprint density at radius 1 is 1.29 bits per heavy atom. The fourth-order valence-corrected chi connectivity index (χ4v) is 5.91. The second kappa shape index (κ2) is 12.6. The zero-order valence-corrected chi connectivity index (χ0v) is 23.7. The Bertz CT molecular complexity index is 1360. The lowest BCUT2D eigenvalue weighted by atomic mass is 9.83. The maximum atomic E-state index is 13.9. The Balaban J connectivity index is 1.47. The van der Waals surface area contributed by atoms with Crippen LogP contribution in [0, 0.1) is 5.92 Å². The number of hydrogen-bond donors (Lipinski definition) is 1. The molecule has 1 aromatic carbocycles. The van der Waals surface area contributed by atoms with Gasteiger partial charge in [0.05, 0.1) is 25.8 Å². The summed E-state index contributed by atoms with van der Waals surface area (Å²) < 4.78 is 24.1. The van der Waals surface area contributed by atoms with Gasteiger partial charge in [0.2, 0.25) is 18.4 Å². The number of methoxy groups -OCH3 is 1. The molecule has 11 nitrogen and oxygen atoms in total. The highest BCUT2D eigenvalue weighted by Crippen LogP contribution is 2.47. The molecule has 4 heterocycles. The summed E-state index contributed by atoms with van der Waals surface area (Å²) in [6, 6.07) is 7.07. The van der Waals surface area contributed by atoms with Crippen LogP contribution >= 0.6 is 0 Å². The van der Waals surface area contributed by atoms with Gasteiger partial charge < -0.3 is 28.6 Å².